The van der Waals surface area contributed by atoms with Gasteiger partial charge in [-0.25, -0.2) is 4.98 Å². The van der Waals surface area contributed by atoms with E-state index in [9.17, 15) is 0 Å². The van der Waals surface area contributed by atoms with Crippen LogP contribution in [0.3, 0.4) is 0 Å². The standard InChI is InChI=1S/C16H14ClN3O/c1-10(21-2)14-8-12(17)9-19-16(14)20-13-3-4-15-11(7-13)5-6-18-15/h3-9,18H,1H2,2H3,(H,19,20). The van der Waals surface area contributed by atoms with Gasteiger partial charge in [0.15, 0.2) is 0 Å². The molecule has 0 radical (unpaired) electrons. The zero-order chi connectivity index (χ0) is 14.8. The summed E-state index contributed by atoms with van der Waals surface area (Å²) in [6.07, 6.45) is 3.50. The Balaban J connectivity index is 1.98. The van der Waals surface area contributed by atoms with Gasteiger partial charge in [0.05, 0.1) is 17.7 Å². The predicted molar refractivity (Wildman–Crippen MR) is 86.9 cm³/mol. The Kier molecular flexibility index (Phi) is 3.54. The van der Waals surface area contributed by atoms with Crippen LogP contribution in [0.4, 0.5) is 11.5 Å². The van der Waals surface area contributed by atoms with Gasteiger partial charge in [-0.1, -0.05) is 18.2 Å². The number of aromatic nitrogens is 2. The lowest BCUT2D eigenvalue weighted by Crippen LogP contribution is -1.99. The Morgan fingerprint density at radius 2 is 2.19 bits per heavy atom. The summed E-state index contributed by atoms with van der Waals surface area (Å²) in [5.41, 5.74) is 2.76. The highest BCUT2D eigenvalue weighted by molar-refractivity contribution is 6.30. The van der Waals surface area contributed by atoms with Crippen molar-refractivity contribution in [2.24, 2.45) is 0 Å². The fraction of sp³-hybridized carbons (Fsp3) is 0.0625. The highest BCUT2D eigenvalue weighted by Gasteiger charge is 2.10. The van der Waals surface area contributed by atoms with Crippen LogP contribution in [0.15, 0.2) is 49.3 Å². The van der Waals surface area contributed by atoms with Crippen molar-refractivity contribution < 1.29 is 4.74 Å². The Hall–Kier alpha value is -2.46. The average Bonchev–Trinajstić information content (AvgIpc) is 2.96. The van der Waals surface area contributed by atoms with Crippen LogP contribution in [-0.4, -0.2) is 17.1 Å². The largest absolute Gasteiger partial charge is 0.497 e. The average molecular weight is 300 g/mol. The highest BCUT2D eigenvalue weighted by atomic mass is 35.5. The molecule has 2 aromatic heterocycles. The summed E-state index contributed by atoms with van der Waals surface area (Å²) in [4.78, 5) is 7.48. The molecule has 3 rings (SSSR count). The van der Waals surface area contributed by atoms with Crippen molar-refractivity contribution in [2.75, 3.05) is 12.4 Å². The number of benzene rings is 1. The molecule has 0 aliphatic carbocycles. The second kappa shape index (κ2) is 5.50. The second-order valence-electron chi connectivity index (χ2n) is 4.58. The lowest BCUT2D eigenvalue weighted by Gasteiger charge is -2.12. The van der Waals surface area contributed by atoms with Crippen LogP contribution in [-0.2, 0) is 4.74 Å². The molecule has 0 atom stereocenters. The first-order valence-corrected chi connectivity index (χ1v) is 6.78. The molecular formula is C16H14ClN3O. The quantitative estimate of drug-likeness (QED) is 0.693. The summed E-state index contributed by atoms with van der Waals surface area (Å²) in [7, 11) is 1.57. The normalized spacial score (nSPS) is 10.6. The molecule has 0 amide bonds. The molecule has 1 aromatic carbocycles. The number of halogens is 1. The molecule has 0 aliphatic heterocycles. The van der Waals surface area contributed by atoms with Gasteiger partial charge >= 0.3 is 0 Å². The maximum absolute atomic E-state index is 5.99. The molecule has 0 spiro atoms. The molecule has 3 aromatic rings. The molecule has 0 bridgehead atoms. The van der Waals surface area contributed by atoms with E-state index in [1.54, 1.807) is 19.4 Å². The first kappa shape index (κ1) is 13.5. The van der Waals surface area contributed by atoms with Crippen molar-refractivity contribution in [2.45, 2.75) is 0 Å². The van der Waals surface area contributed by atoms with Crippen LogP contribution in [0.25, 0.3) is 16.7 Å². The van der Waals surface area contributed by atoms with Gasteiger partial charge in [0.2, 0.25) is 0 Å². The number of nitrogens with zero attached hydrogens (tertiary/aromatic N) is 1. The van der Waals surface area contributed by atoms with Crippen molar-refractivity contribution >= 4 is 39.8 Å². The lowest BCUT2D eigenvalue weighted by atomic mass is 10.2. The molecule has 21 heavy (non-hydrogen) atoms. The molecule has 106 valence electrons. The fourth-order valence-electron chi connectivity index (χ4n) is 2.13. The van der Waals surface area contributed by atoms with Gasteiger partial charge in [0.1, 0.15) is 11.6 Å². The molecular weight excluding hydrogens is 286 g/mol. The molecule has 0 saturated carbocycles. The summed E-state index contributed by atoms with van der Waals surface area (Å²) >= 11 is 5.99. The number of rotatable bonds is 4. The summed E-state index contributed by atoms with van der Waals surface area (Å²) in [6, 6.07) is 9.83. The number of H-pyrrole nitrogens is 1. The highest BCUT2D eigenvalue weighted by Crippen LogP contribution is 2.28. The molecule has 2 heterocycles. The van der Waals surface area contributed by atoms with Gasteiger partial charge in [-0.3, -0.25) is 0 Å². The Labute approximate surface area is 127 Å². The Morgan fingerprint density at radius 3 is 3.00 bits per heavy atom. The zero-order valence-corrected chi connectivity index (χ0v) is 12.2. The van der Waals surface area contributed by atoms with E-state index in [1.165, 1.54) is 0 Å². The van der Waals surface area contributed by atoms with Gasteiger partial charge in [-0.2, -0.15) is 0 Å². The van der Waals surface area contributed by atoms with Crippen LogP contribution >= 0.6 is 11.6 Å². The van der Waals surface area contributed by atoms with Gasteiger partial charge in [-0.05, 0) is 30.3 Å². The van der Waals surface area contributed by atoms with Crippen LogP contribution in [0.2, 0.25) is 5.02 Å². The molecule has 0 saturated heterocycles. The minimum atomic E-state index is 0.509. The number of pyridine rings is 1. The number of fused-ring (bicyclic) bond motifs is 1. The van der Waals surface area contributed by atoms with Gasteiger partial charge in [0, 0.05) is 29.0 Å². The Morgan fingerprint density at radius 1 is 1.33 bits per heavy atom. The first-order valence-electron chi connectivity index (χ1n) is 6.40. The van der Waals surface area contributed by atoms with E-state index < -0.39 is 0 Å². The molecule has 5 heteroatoms. The van der Waals surface area contributed by atoms with Crippen LogP contribution in [0, 0.1) is 0 Å². The van der Waals surface area contributed by atoms with Crippen LogP contribution in [0.1, 0.15) is 5.56 Å². The number of methoxy groups -OCH3 is 1. The predicted octanol–water partition coefficient (Wildman–Crippen LogP) is 4.58. The summed E-state index contributed by atoms with van der Waals surface area (Å²) in [5, 5.41) is 4.94. The molecule has 2 N–H and O–H groups in total. The van der Waals surface area contributed by atoms with Crippen molar-refractivity contribution in [3.63, 3.8) is 0 Å². The number of aromatic amines is 1. The molecule has 0 unspecified atom stereocenters. The number of hydrogen-bond acceptors (Lipinski definition) is 3. The third-order valence-electron chi connectivity index (χ3n) is 3.22. The number of anilines is 2. The van der Waals surface area contributed by atoms with Gasteiger partial charge < -0.3 is 15.0 Å². The van der Waals surface area contributed by atoms with Crippen LogP contribution < -0.4 is 5.32 Å². The third-order valence-corrected chi connectivity index (χ3v) is 3.42. The SMILES string of the molecule is C=C(OC)c1cc(Cl)cnc1Nc1ccc2[nH]ccc2c1. The van der Waals surface area contributed by atoms with E-state index in [1.807, 2.05) is 30.5 Å². The van der Waals surface area contributed by atoms with E-state index in [0.717, 1.165) is 22.2 Å². The summed E-state index contributed by atoms with van der Waals surface area (Å²) in [6.45, 7) is 3.86. The molecule has 4 nitrogen and oxygen atoms in total. The number of hydrogen-bond donors (Lipinski definition) is 2. The first-order chi connectivity index (χ1) is 10.2. The molecule has 0 aliphatic rings. The van der Waals surface area contributed by atoms with E-state index in [4.69, 9.17) is 16.3 Å². The van der Waals surface area contributed by atoms with Crippen molar-refractivity contribution in [3.05, 3.63) is 59.9 Å². The second-order valence-corrected chi connectivity index (χ2v) is 5.02. The minimum absolute atomic E-state index is 0.509. The van der Waals surface area contributed by atoms with Gasteiger partial charge in [-0.15, -0.1) is 0 Å². The summed E-state index contributed by atoms with van der Waals surface area (Å²) < 4.78 is 5.19. The van der Waals surface area contributed by atoms with Crippen molar-refractivity contribution in [3.8, 4) is 0 Å². The smallest absolute Gasteiger partial charge is 0.141 e. The van der Waals surface area contributed by atoms with E-state index in [0.29, 0.717) is 16.6 Å². The third kappa shape index (κ3) is 2.71. The molecule has 0 fully saturated rings. The van der Waals surface area contributed by atoms with E-state index in [-0.39, 0.29) is 0 Å². The lowest BCUT2D eigenvalue weighted by molar-refractivity contribution is 0.371. The maximum atomic E-state index is 5.99. The zero-order valence-electron chi connectivity index (χ0n) is 11.5. The monoisotopic (exact) mass is 299 g/mol. The fourth-order valence-corrected chi connectivity index (χ4v) is 2.29. The maximum Gasteiger partial charge on any atom is 0.141 e. The number of ether oxygens (including phenoxy) is 1. The topological polar surface area (TPSA) is 49.9 Å². The minimum Gasteiger partial charge on any atom is -0.497 e. The number of nitrogens with one attached hydrogen (secondary N) is 2. The Bertz CT molecular complexity index is 810. The van der Waals surface area contributed by atoms with Crippen molar-refractivity contribution in [1.82, 2.24) is 9.97 Å². The van der Waals surface area contributed by atoms with E-state index in [2.05, 4.69) is 21.9 Å². The summed E-state index contributed by atoms with van der Waals surface area (Å²) in [5.74, 6) is 1.16. The van der Waals surface area contributed by atoms with E-state index >= 15 is 0 Å². The van der Waals surface area contributed by atoms with Crippen LogP contribution in [0.5, 0.6) is 0 Å². The van der Waals surface area contributed by atoms with Gasteiger partial charge in [0.25, 0.3) is 0 Å². The van der Waals surface area contributed by atoms with Crippen molar-refractivity contribution in [1.29, 1.82) is 0 Å².